The van der Waals surface area contributed by atoms with Crippen molar-refractivity contribution in [3.63, 3.8) is 0 Å². The lowest BCUT2D eigenvalue weighted by Crippen LogP contribution is -2.32. The Hall–Kier alpha value is -2.01. The molecule has 0 radical (unpaired) electrons. The Morgan fingerprint density at radius 3 is 2.95 bits per heavy atom. The van der Waals surface area contributed by atoms with Crippen molar-refractivity contribution in [2.24, 2.45) is 0 Å². The zero-order chi connectivity index (χ0) is 14.4. The summed E-state index contributed by atoms with van der Waals surface area (Å²) >= 11 is 0. The average molecular weight is 276 g/mol. The molecule has 0 saturated heterocycles. The molecule has 2 aromatic rings. The monoisotopic (exact) mass is 276 g/mol. The highest BCUT2D eigenvalue weighted by molar-refractivity contribution is 5.88. The topological polar surface area (TPSA) is 63.5 Å². The summed E-state index contributed by atoms with van der Waals surface area (Å²) in [5, 5.41) is 6.98. The van der Waals surface area contributed by atoms with Gasteiger partial charge in [-0.15, -0.1) is 0 Å². The summed E-state index contributed by atoms with van der Waals surface area (Å²) in [5.41, 5.74) is 1.63. The first kappa shape index (κ1) is 14.4. The van der Waals surface area contributed by atoms with Crippen molar-refractivity contribution < 1.29 is 13.9 Å². The first-order chi connectivity index (χ1) is 9.74. The minimum Gasteiger partial charge on any atom is -0.497 e. The van der Waals surface area contributed by atoms with Crippen LogP contribution in [0.15, 0.2) is 28.9 Å². The molecule has 0 unspecified atom stereocenters. The maximum absolute atomic E-state index is 11.8. The zero-order valence-corrected chi connectivity index (χ0v) is 11.9. The Kier molecular flexibility index (Phi) is 5.01. The predicted octanol–water partition coefficient (Wildman–Crippen LogP) is 1.71. The molecule has 0 aliphatic carbocycles. The van der Waals surface area contributed by atoms with Gasteiger partial charge in [-0.05, 0) is 18.7 Å². The van der Waals surface area contributed by atoms with Crippen LogP contribution in [-0.4, -0.2) is 32.7 Å². The number of rotatable bonds is 7. The second kappa shape index (κ2) is 6.96. The van der Waals surface area contributed by atoms with E-state index in [1.165, 1.54) is 0 Å². The maximum Gasteiger partial charge on any atom is 0.224 e. The molecule has 0 spiro atoms. The Balaban J connectivity index is 1.97. The number of hydrogen-bond acceptors (Lipinski definition) is 4. The van der Waals surface area contributed by atoms with E-state index in [9.17, 15) is 4.79 Å². The molecular formula is C15H20N2O3. The third kappa shape index (κ3) is 3.51. The van der Waals surface area contributed by atoms with Gasteiger partial charge in [0.2, 0.25) is 5.91 Å². The lowest BCUT2D eigenvalue weighted by molar-refractivity contribution is -0.120. The minimum atomic E-state index is 0.00132. The van der Waals surface area contributed by atoms with Gasteiger partial charge in [0, 0.05) is 30.1 Å². The molecule has 5 heteroatoms. The Labute approximate surface area is 118 Å². The van der Waals surface area contributed by atoms with E-state index >= 15 is 0 Å². The third-order valence-corrected chi connectivity index (χ3v) is 3.09. The second-order valence-electron chi connectivity index (χ2n) is 4.50. The average Bonchev–Trinajstić information content (AvgIpc) is 2.86. The number of carbonyl (C=O) groups is 1. The van der Waals surface area contributed by atoms with E-state index in [2.05, 4.69) is 10.6 Å². The van der Waals surface area contributed by atoms with Crippen LogP contribution >= 0.6 is 0 Å². The van der Waals surface area contributed by atoms with E-state index in [0.29, 0.717) is 13.0 Å². The Morgan fingerprint density at radius 2 is 2.20 bits per heavy atom. The van der Waals surface area contributed by atoms with E-state index in [-0.39, 0.29) is 5.91 Å². The van der Waals surface area contributed by atoms with Crippen molar-refractivity contribution in [1.29, 1.82) is 0 Å². The Bertz CT molecular complexity index is 578. The van der Waals surface area contributed by atoms with E-state index in [4.69, 9.17) is 9.15 Å². The highest BCUT2D eigenvalue weighted by Gasteiger charge is 2.10. The summed E-state index contributed by atoms with van der Waals surface area (Å²) in [4.78, 5) is 11.8. The number of nitrogens with one attached hydrogen (secondary N) is 2. The standard InChI is InChI=1S/C15H20N2O3/c1-3-16-6-7-17-15(18)8-11-10-20-14-9-12(19-2)4-5-13(11)14/h4-5,9-10,16H,3,6-8H2,1-2H3,(H,17,18). The van der Waals surface area contributed by atoms with Gasteiger partial charge in [-0.3, -0.25) is 4.79 Å². The van der Waals surface area contributed by atoms with Gasteiger partial charge in [-0.1, -0.05) is 6.92 Å². The number of benzene rings is 1. The molecule has 0 bridgehead atoms. The number of furan rings is 1. The molecule has 2 N–H and O–H groups in total. The first-order valence-electron chi connectivity index (χ1n) is 6.76. The van der Waals surface area contributed by atoms with Crippen LogP contribution in [0.2, 0.25) is 0 Å². The minimum absolute atomic E-state index is 0.00132. The van der Waals surface area contributed by atoms with Gasteiger partial charge in [-0.2, -0.15) is 0 Å². The molecule has 0 atom stereocenters. The van der Waals surface area contributed by atoms with Gasteiger partial charge in [-0.25, -0.2) is 0 Å². The fourth-order valence-electron chi connectivity index (χ4n) is 2.03. The predicted molar refractivity (Wildman–Crippen MR) is 78.0 cm³/mol. The summed E-state index contributed by atoms with van der Waals surface area (Å²) in [6.45, 7) is 4.36. The van der Waals surface area contributed by atoms with Crippen LogP contribution in [0.3, 0.4) is 0 Å². The van der Waals surface area contributed by atoms with Crippen LogP contribution in [0.25, 0.3) is 11.0 Å². The number of amides is 1. The van der Waals surface area contributed by atoms with Crippen molar-refractivity contribution in [2.45, 2.75) is 13.3 Å². The van der Waals surface area contributed by atoms with E-state index < -0.39 is 0 Å². The molecule has 0 saturated carbocycles. The van der Waals surface area contributed by atoms with E-state index in [1.54, 1.807) is 13.4 Å². The maximum atomic E-state index is 11.8. The third-order valence-electron chi connectivity index (χ3n) is 3.09. The normalized spacial score (nSPS) is 10.7. The molecular weight excluding hydrogens is 256 g/mol. The van der Waals surface area contributed by atoms with Gasteiger partial charge in [0.1, 0.15) is 11.3 Å². The van der Waals surface area contributed by atoms with Gasteiger partial charge >= 0.3 is 0 Å². The van der Waals surface area contributed by atoms with Crippen LogP contribution in [0.5, 0.6) is 5.75 Å². The zero-order valence-electron chi connectivity index (χ0n) is 11.9. The van der Waals surface area contributed by atoms with Crippen molar-refractivity contribution >= 4 is 16.9 Å². The smallest absolute Gasteiger partial charge is 0.224 e. The van der Waals surface area contributed by atoms with Crippen LogP contribution in [0, 0.1) is 0 Å². The summed E-state index contributed by atoms with van der Waals surface area (Å²) in [7, 11) is 1.61. The lowest BCUT2D eigenvalue weighted by Gasteiger charge is -2.04. The van der Waals surface area contributed by atoms with Gasteiger partial charge in [0.25, 0.3) is 0 Å². The number of ether oxygens (including phenoxy) is 1. The molecule has 2 rings (SSSR count). The van der Waals surface area contributed by atoms with Crippen molar-refractivity contribution in [3.05, 3.63) is 30.0 Å². The lowest BCUT2D eigenvalue weighted by atomic mass is 10.1. The summed E-state index contributed by atoms with van der Waals surface area (Å²) < 4.78 is 10.6. The Morgan fingerprint density at radius 1 is 1.35 bits per heavy atom. The number of likely N-dealkylation sites (N-methyl/N-ethyl adjacent to an activating group) is 1. The SMILES string of the molecule is CCNCCNC(=O)Cc1coc2cc(OC)ccc12. The summed E-state index contributed by atoms with van der Waals surface area (Å²) in [6, 6.07) is 5.60. The van der Waals surface area contributed by atoms with Crippen molar-refractivity contribution in [1.82, 2.24) is 10.6 Å². The fourth-order valence-corrected chi connectivity index (χ4v) is 2.03. The molecule has 108 valence electrons. The molecule has 0 aliphatic rings. The first-order valence-corrected chi connectivity index (χ1v) is 6.76. The number of methoxy groups -OCH3 is 1. The molecule has 0 fully saturated rings. The van der Waals surface area contributed by atoms with Crippen molar-refractivity contribution in [3.8, 4) is 5.75 Å². The molecule has 1 aromatic carbocycles. The van der Waals surface area contributed by atoms with Gasteiger partial charge in [0.05, 0.1) is 19.8 Å². The molecule has 20 heavy (non-hydrogen) atoms. The second-order valence-corrected chi connectivity index (χ2v) is 4.50. The fraction of sp³-hybridized carbons (Fsp3) is 0.400. The largest absolute Gasteiger partial charge is 0.497 e. The molecule has 1 amide bonds. The van der Waals surface area contributed by atoms with Gasteiger partial charge in [0.15, 0.2) is 0 Å². The number of carbonyl (C=O) groups excluding carboxylic acids is 1. The highest BCUT2D eigenvalue weighted by atomic mass is 16.5. The van der Waals surface area contributed by atoms with E-state index in [0.717, 1.165) is 35.4 Å². The van der Waals surface area contributed by atoms with Crippen molar-refractivity contribution in [2.75, 3.05) is 26.7 Å². The van der Waals surface area contributed by atoms with Crippen LogP contribution in [-0.2, 0) is 11.2 Å². The summed E-state index contributed by atoms with van der Waals surface area (Å²) in [5.74, 6) is 0.745. The molecule has 1 aromatic heterocycles. The molecule has 5 nitrogen and oxygen atoms in total. The number of hydrogen-bond donors (Lipinski definition) is 2. The van der Waals surface area contributed by atoms with Crippen LogP contribution in [0.4, 0.5) is 0 Å². The quantitative estimate of drug-likeness (QED) is 0.756. The highest BCUT2D eigenvalue weighted by Crippen LogP contribution is 2.25. The van der Waals surface area contributed by atoms with Gasteiger partial charge < -0.3 is 19.8 Å². The molecule has 1 heterocycles. The van der Waals surface area contributed by atoms with E-state index in [1.807, 2.05) is 25.1 Å². The van der Waals surface area contributed by atoms with Crippen LogP contribution in [0.1, 0.15) is 12.5 Å². The summed E-state index contributed by atoms with van der Waals surface area (Å²) in [6.07, 6.45) is 1.96. The number of fused-ring (bicyclic) bond motifs is 1. The molecule has 0 aliphatic heterocycles. The van der Waals surface area contributed by atoms with Crippen LogP contribution < -0.4 is 15.4 Å².